The number of aromatic nitrogens is 3. The Labute approximate surface area is 193 Å². The molecule has 3 aromatic heterocycles. The molecule has 5 rings (SSSR count). The summed E-state index contributed by atoms with van der Waals surface area (Å²) in [4.78, 5) is 35.2. The molecule has 1 saturated heterocycles. The number of hydrogen-bond acceptors (Lipinski definition) is 6. The third-order valence-electron chi connectivity index (χ3n) is 5.91. The van der Waals surface area contributed by atoms with E-state index >= 15 is 0 Å². The van der Waals surface area contributed by atoms with E-state index in [1.54, 1.807) is 17.0 Å². The lowest BCUT2D eigenvalue weighted by Crippen LogP contribution is -2.49. The molecule has 1 fully saturated rings. The van der Waals surface area contributed by atoms with Gasteiger partial charge in [0.2, 0.25) is 5.95 Å². The maximum atomic E-state index is 13.5. The first-order chi connectivity index (χ1) is 15.9. The number of carbonyl (C=O) groups excluding carboxylic acids is 1. The van der Waals surface area contributed by atoms with Gasteiger partial charge in [0.25, 0.3) is 11.5 Å². The molecule has 0 spiro atoms. The van der Waals surface area contributed by atoms with Crippen LogP contribution < -0.4 is 10.5 Å². The van der Waals surface area contributed by atoms with E-state index in [1.165, 1.54) is 22.1 Å². The quantitative estimate of drug-likeness (QED) is 0.436. The van der Waals surface area contributed by atoms with Crippen LogP contribution in [0.3, 0.4) is 0 Å². The highest BCUT2D eigenvalue weighted by atomic mass is 32.1. The monoisotopic (exact) mass is 462 g/mol. The number of hydrogen-bond donors (Lipinski definition) is 0. The predicted octanol–water partition coefficient (Wildman–Crippen LogP) is 3.56. The van der Waals surface area contributed by atoms with Crippen LogP contribution in [-0.4, -0.2) is 51.8 Å². The molecule has 1 aliphatic heterocycles. The van der Waals surface area contributed by atoms with Crippen LogP contribution in [-0.2, 0) is 0 Å². The van der Waals surface area contributed by atoms with Crippen LogP contribution in [0.4, 0.5) is 10.2 Å². The van der Waals surface area contributed by atoms with Crippen molar-refractivity contribution in [1.29, 1.82) is 0 Å². The molecule has 168 valence electrons. The fraction of sp³-hybridized carbons (Fsp3) is 0.250. The van der Waals surface area contributed by atoms with Crippen LogP contribution in [0.25, 0.3) is 16.5 Å². The number of aryl methyl sites for hydroxylation is 2. The Bertz CT molecular complexity index is 1400. The summed E-state index contributed by atoms with van der Waals surface area (Å²) in [5.74, 6) is -0.182. The Morgan fingerprint density at radius 3 is 2.45 bits per heavy atom. The lowest BCUT2D eigenvalue weighted by Gasteiger charge is -2.35. The van der Waals surface area contributed by atoms with Gasteiger partial charge in [-0.15, -0.1) is 11.3 Å². The Kier molecular flexibility index (Phi) is 5.41. The Hall–Kier alpha value is -3.59. The van der Waals surface area contributed by atoms with E-state index in [2.05, 4.69) is 10.1 Å². The van der Waals surface area contributed by atoms with Gasteiger partial charge in [-0.05, 0) is 38.1 Å². The Balaban J connectivity index is 1.48. The SMILES string of the molecule is Cc1ccc(-n2nc(C(=O)N3CCN(c4cccc([18F])n4)CC3)c3csc(C)c3c2=O)cc1. The summed E-state index contributed by atoms with van der Waals surface area (Å²) in [6.07, 6.45) is 0. The molecule has 0 aliphatic carbocycles. The number of fused-ring (bicyclic) bond motifs is 1. The largest absolute Gasteiger partial charge is 0.353 e. The van der Waals surface area contributed by atoms with Gasteiger partial charge in [0, 0.05) is 41.8 Å². The Morgan fingerprint density at radius 1 is 1.03 bits per heavy atom. The molecule has 0 bridgehead atoms. The Morgan fingerprint density at radius 2 is 1.76 bits per heavy atom. The number of nitrogens with zero attached hydrogens (tertiary/aromatic N) is 5. The number of pyridine rings is 1. The van der Waals surface area contributed by atoms with Crippen LogP contribution >= 0.6 is 11.3 Å². The van der Waals surface area contributed by atoms with Gasteiger partial charge in [-0.25, -0.2) is 4.98 Å². The van der Waals surface area contributed by atoms with Crippen LogP contribution in [0.5, 0.6) is 0 Å². The zero-order valence-corrected chi connectivity index (χ0v) is 19.1. The summed E-state index contributed by atoms with van der Waals surface area (Å²) in [7, 11) is 0. The minimum absolute atomic E-state index is 0.217. The fourth-order valence-corrected chi connectivity index (χ4v) is 4.92. The molecule has 33 heavy (non-hydrogen) atoms. The summed E-state index contributed by atoms with van der Waals surface area (Å²) in [5.41, 5.74) is 1.73. The van der Waals surface area contributed by atoms with E-state index in [1.807, 2.05) is 48.4 Å². The second-order valence-corrected chi connectivity index (χ2v) is 9.16. The summed E-state index contributed by atoms with van der Waals surface area (Å²) in [6, 6.07) is 12.2. The van der Waals surface area contributed by atoms with Crippen LogP contribution in [0, 0.1) is 19.8 Å². The fourth-order valence-electron chi connectivity index (χ4n) is 4.08. The molecule has 9 heteroatoms. The van der Waals surface area contributed by atoms with Crippen molar-refractivity contribution in [2.24, 2.45) is 0 Å². The zero-order valence-electron chi connectivity index (χ0n) is 18.3. The molecule has 4 heterocycles. The first-order valence-electron chi connectivity index (χ1n) is 10.7. The molecule has 7 nitrogen and oxygen atoms in total. The van der Waals surface area contributed by atoms with Gasteiger partial charge in [0.05, 0.1) is 11.1 Å². The lowest BCUT2D eigenvalue weighted by atomic mass is 10.1. The highest BCUT2D eigenvalue weighted by molar-refractivity contribution is 7.11. The molecular formula is C24H22FN5O2S. The number of anilines is 1. The van der Waals surface area contributed by atoms with Gasteiger partial charge in [-0.1, -0.05) is 23.8 Å². The van der Waals surface area contributed by atoms with Gasteiger partial charge >= 0.3 is 0 Å². The number of thiophene rings is 1. The third kappa shape index (κ3) is 3.89. The first-order valence-corrected chi connectivity index (χ1v) is 11.6. The molecule has 1 aromatic carbocycles. The smallest absolute Gasteiger partial charge is 0.280 e. The molecule has 4 aromatic rings. The van der Waals surface area contributed by atoms with Crippen molar-refractivity contribution in [2.45, 2.75) is 13.8 Å². The molecule has 0 saturated carbocycles. The van der Waals surface area contributed by atoms with E-state index in [0.717, 1.165) is 10.4 Å². The number of carbonyl (C=O) groups is 1. The molecule has 0 unspecified atom stereocenters. The summed E-state index contributed by atoms with van der Waals surface area (Å²) < 4.78 is 14.8. The van der Waals surface area contributed by atoms with E-state index in [9.17, 15) is 14.0 Å². The highest BCUT2D eigenvalue weighted by Crippen LogP contribution is 2.26. The van der Waals surface area contributed by atoms with Crippen LogP contribution in [0.2, 0.25) is 0 Å². The number of amides is 1. The molecule has 0 atom stereocenters. The van der Waals surface area contributed by atoms with Gasteiger partial charge in [0.15, 0.2) is 5.69 Å². The van der Waals surface area contributed by atoms with Crippen molar-refractivity contribution in [3.63, 3.8) is 0 Å². The third-order valence-corrected chi connectivity index (χ3v) is 6.82. The number of piperazine rings is 1. The topological polar surface area (TPSA) is 71.3 Å². The first kappa shape index (κ1) is 21.3. The minimum atomic E-state index is -0.524. The van der Waals surface area contributed by atoms with E-state index < -0.39 is 5.95 Å². The number of halogens is 1. The minimum Gasteiger partial charge on any atom is -0.353 e. The molecule has 0 radical (unpaired) electrons. The second-order valence-electron chi connectivity index (χ2n) is 8.08. The summed E-state index contributed by atoms with van der Waals surface area (Å²) in [6.45, 7) is 5.82. The predicted molar refractivity (Wildman–Crippen MR) is 127 cm³/mol. The zero-order chi connectivity index (χ0) is 23.1. The van der Waals surface area contributed by atoms with Gasteiger partial charge in [-0.3, -0.25) is 9.59 Å². The van der Waals surface area contributed by atoms with Gasteiger partial charge in [0.1, 0.15) is 5.82 Å². The van der Waals surface area contributed by atoms with Crippen molar-refractivity contribution in [3.8, 4) is 5.69 Å². The standard InChI is InChI=1S/C24H22FN5O2S/c1-15-6-8-17(9-7-15)30-23(31)21-16(2)33-14-18(21)22(27-30)24(32)29-12-10-28(11-13-29)20-5-3-4-19(25)26-20/h3-9,14H,10-13H2,1-2H3/i25-1. The van der Waals surface area contributed by atoms with Crippen molar-refractivity contribution >= 4 is 33.8 Å². The molecular weight excluding hydrogens is 440 g/mol. The van der Waals surface area contributed by atoms with Gasteiger partial charge in [-0.2, -0.15) is 14.2 Å². The second kappa shape index (κ2) is 8.40. The van der Waals surface area contributed by atoms with Crippen molar-refractivity contribution in [1.82, 2.24) is 19.7 Å². The maximum absolute atomic E-state index is 13.5. The van der Waals surface area contributed by atoms with Gasteiger partial charge < -0.3 is 9.80 Å². The molecule has 0 N–H and O–H groups in total. The van der Waals surface area contributed by atoms with Crippen LogP contribution in [0.1, 0.15) is 20.9 Å². The van der Waals surface area contributed by atoms with E-state index in [0.29, 0.717) is 48.5 Å². The van der Waals surface area contributed by atoms with E-state index in [-0.39, 0.29) is 17.2 Å². The number of rotatable bonds is 3. The summed E-state index contributed by atoms with van der Waals surface area (Å²) >= 11 is 1.44. The van der Waals surface area contributed by atoms with Crippen LogP contribution in [0.15, 0.2) is 52.6 Å². The highest BCUT2D eigenvalue weighted by Gasteiger charge is 2.27. The normalized spacial score (nSPS) is 14.2. The maximum Gasteiger partial charge on any atom is 0.280 e. The van der Waals surface area contributed by atoms with Crippen molar-refractivity contribution in [2.75, 3.05) is 31.1 Å². The average Bonchev–Trinajstić information content (AvgIpc) is 3.22. The van der Waals surface area contributed by atoms with Crippen molar-refractivity contribution in [3.05, 3.63) is 80.3 Å². The van der Waals surface area contributed by atoms with E-state index in [4.69, 9.17) is 0 Å². The molecule has 1 aliphatic rings. The molecule has 1 amide bonds. The summed E-state index contributed by atoms with van der Waals surface area (Å²) in [5, 5.41) is 7.47. The number of benzene rings is 1. The van der Waals surface area contributed by atoms with Crippen molar-refractivity contribution < 1.29 is 9.18 Å². The average molecular weight is 463 g/mol. The lowest BCUT2D eigenvalue weighted by molar-refractivity contribution is 0.0741.